The molecule has 6 heteroatoms. The summed E-state index contributed by atoms with van der Waals surface area (Å²) in [4.78, 5) is 15.6. The Kier molecular flexibility index (Phi) is 2.87. The van der Waals surface area contributed by atoms with Gasteiger partial charge in [-0.25, -0.2) is 0 Å². The summed E-state index contributed by atoms with van der Waals surface area (Å²) in [6.45, 7) is 0. The molecule has 2 aromatic heterocycles. The van der Waals surface area contributed by atoms with E-state index in [4.69, 9.17) is 11.6 Å². The van der Waals surface area contributed by atoms with Crippen molar-refractivity contribution >= 4 is 23.2 Å². The molecule has 0 saturated heterocycles. The molecule has 0 bridgehead atoms. The highest BCUT2D eigenvalue weighted by molar-refractivity contribution is 6.34. The summed E-state index contributed by atoms with van der Waals surface area (Å²) in [6, 6.07) is 3.38. The van der Waals surface area contributed by atoms with Crippen molar-refractivity contribution in [3.05, 3.63) is 41.4 Å². The molecular weight excluding hydrogens is 228 g/mol. The highest BCUT2D eigenvalue weighted by Crippen LogP contribution is 2.15. The second-order valence-electron chi connectivity index (χ2n) is 3.19. The SMILES string of the molecule is Cn1cc(Cl)c(C(=O)Nc2ccncc2)n1. The third-order valence-corrected chi connectivity index (χ3v) is 2.21. The summed E-state index contributed by atoms with van der Waals surface area (Å²) in [5.41, 5.74) is 0.864. The van der Waals surface area contributed by atoms with Gasteiger partial charge in [-0.2, -0.15) is 5.10 Å². The van der Waals surface area contributed by atoms with Crippen LogP contribution in [0.1, 0.15) is 10.5 Å². The molecule has 82 valence electrons. The first-order valence-corrected chi connectivity index (χ1v) is 4.95. The zero-order valence-electron chi connectivity index (χ0n) is 8.51. The lowest BCUT2D eigenvalue weighted by Gasteiger charge is -2.01. The van der Waals surface area contributed by atoms with Crippen LogP contribution < -0.4 is 5.32 Å². The van der Waals surface area contributed by atoms with Crippen molar-refractivity contribution in [1.82, 2.24) is 14.8 Å². The van der Waals surface area contributed by atoms with Gasteiger partial charge in [0, 0.05) is 31.3 Å². The molecule has 0 aliphatic carbocycles. The van der Waals surface area contributed by atoms with Gasteiger partial charge >= 0.3 is 0 Å². The quantitative estimate of drug-likeness (QED) is 0.864. The molecule has 5 nitrogen and oxygen atoms in total. The van der Waals surface area contributed by atoms with E-state index < -0.39 is 0 Å². The molecule has 2 aromatic rings. The minimum absolute atomic E-state index is 0.209. The zero-order valence-corrected chi connectivity index (χ0v) is 9.27. The van der Waals surface area contributed by atoms with Gasteiger partial charge in [-0.15, -0.1) is 0 Å². The Morgan fingerprint density at radius 1 is 1.44 bits per heavy atom. The number of aryl methyl sites for hydroxylation is 1. The molecule has 0 unspecified atom stereocenters. The number of nitrogens with zero attached hydrogens (tertiary/aromatic N) is 3. The Balaban J connectivity index is 2.18. The molecule has 2 rings (SSSR count). The normalized spacial score (nSPS) is 10.1. The van der Waals surface area contributed by atoms with Crippen LogP contribution in [0.2, 0.25) is 5.02 Å². The second kappa shape index (κ2) is 4.32. The number of hydrogen-bond donors (Lipinski definition) is 1. The second-order valence-corrected chi connectivity index (χ2v) is 3.60. The first-order valence-electron chi connectivity index (χ1n) is 4.57. The number of rotatable bonds is 2. The number of anilines is 1. The topological polar surface area (TPSA) is 59.8 Å². The van der Waals surface area contributed by atoms with E-state index in [0.29, 0.717) is 10.7 Å². The van der Waals surface area contributed by atoms with Crippen LogP contribution in [0.5, 0.6) is 0 Å². The van der Waals surface area contributed by atoms with Crippen molar-refractivity contribution in [1.29, 1.82) is 0 Å². The Morgan fingerprint density at radius 3 is 2.69 bits per heavy atom. The molecule has 0 atom stereocenters. The Morgan fingerprint density at radius 2 is 2.12 bits per heavy atom. The van der Waals surface area contributed by atoms with Crippen molar-refractivity contribution in [3.63, 3.8) is 0 Å². The first-order chi connectivity index (χ1) is 7.66. The maximum atomic E-state index is 11.8. The number of nitrogens with one attached hydrogen (secondary N) is 1. The number of amides is 1. The molecule has 1 amide bonds. The van der Waals surface area contributed by atoms with Crippen molar-refractivity contribution in [2.24, 2.45) is 7.05 Å². The smallest absolute Gasteiger partial charge is 0.277 e. The lowest BCUT2D eigenvalue weighted by Crippen LogP contribution is -2.13. The molecule has 0 radical (unpaired) electrons. The summed E-state index contributed by atoms with van der Waals surface area (Å²) in [6.07, 6.45) is 4.76. The number of hydrogen-bond acceptors (Lipinski definition) is 3. The minimum atomic E-state index is -0.336. The number of halogens is 1. The van der Waals surface area contributed by atoms with E-state index in [9.17, 15) is 4.79 Å². The minimum Gasteiger partial charge on any atom is -0.320 e. The van der Waals surface area contributed by atoms with Crippen molar-refractivity contribution in [2.45, 2.75) is 0 Å². The molecule has 0 fully saturated rings. The number of aromatic nitrogens is 3. The average Bonchev–Trinajstić information content (AvgIpc) is 2.59. The van der Waals surface area contributed by atoms with Crippen molar-refractivity contribution in [2.75, 3.05) is 5.32 Å². The summed E-state index contributed by atoms with van der Waals surface area (Å²) >= 11 is 5.85. The van der Waals surface area contributed by atoms with Crippen molar-refractivity contribution in [3.8, 4) is 0 Å². The Bertz CT molecular complexity index is 509. The van der Waals surface area contributed by atoms with Gasteiger partial charge in [0.1, 0.15) is 0 Å². The van der Waals surface area contributed by atoms with Gasteiger partial charge in [0.15, 0.2) is 5.69 Å². The molecule has 2 heterocycles. The molecule has 0 spiro atoms. The zero-order chi connectivity index (χ0) is 11.5. The third-order valence-electron chi connectivity index (χ3n) is 1.94. The van der Waals surface area contributed by atoms with Gasteiger partial charge < -0.3 is 5.32 Å². The maximum absolute atomic E-state index is 11.8. The Hall–Kier alpha value is -1.88. The molecule has 0 aromatic carbocycles. The fraction of sp³-hybridized carbons (Fsp3) is 0.100. The number of carbonyl (C=O) groups excluding carboxylic acids is 1. The highest BCUT2D eigenvalue weighted by Gasteiger charge is 2.14. The van der Waals surface area contributed by atoms with Gasteiger partial charge in [0.25, 0.3) is 5.91 Å². The van der Waals surface area contributed by atoms with Crippen LogP contribution in [0.15, 0.2) is 30.7 Å². The summed E-state index contributed by atoms with van der Waals surface area (Å²) in [5, 5.41) is 6.96. The van der Waals surface area contributed by atoms with Crippen LogP contribution in [0, 0.1) is 0 Å². The van der Waals surface area contributed by atoms with Crippen LogP contribution in [-0.2, 0) is 7.05 Å². The van der Waals surface area contributed by atoms with Gasteiger partial charge in [0.2, 0.25) is 0 Å². The summed E-state index contributed by atoms with van der Waals surface area (Å²) in [7, 11) is 1.70. The van der Waals surface area contributed by atoms with Crippen LogP contribution in [0.25, 0.3) is 0 Å². The highest BCUT2D eigenvalue weighted by atomic mass is 35.5. The molecular formula is C10H9ClN4O. The largest absolute Gasteiger partial charge is 0.320 e. The van der Waals surface area contributed by atoms with Gasteiger partial charge in [-0.05, 0) is 12.1 Å². The predicted molar refractivity (Wildman–Crippen MR) is 60.4 cm³/mol. The van der Waals surface area contributed by atoms with E-state index in [1.807, 2.05) is 0 Å². The number of pyridine rings is 1. The lowest BCUT2D eigenvalue weighted by atomic mass is 10.3. The van der Waals surface area contributed by atoms with E-state index in [1.165, 1.54) is 4.68 Å². The summed E-state index contributed by atoms with van der Waals surface area (Å²) in [5.74, 6) is -0.336. The Labute approximate surface area is 97.1 Å². The fourth-order valence-corrected chi connectivity index (χ4v) is 1.50. The molecule has 0 aliphatic rings. The lowest BCUT2D eigenvalue weighted by molar-refractivity contribution is 0.102. The van der Waals surface area contributed by atoms with E-state index in [2.05, 4.69) is 15.4 Å². The van der Waals surface area contributed by atoms with Gasteiger partial charge in [-0.3, -0.25) is 14.5 Å². The number of carbonyl (C=O) groups is 1. The maximum Gasteiger partial charge on any atom is 0.277 e. The molecule has 0 saturated carbocycles. The first kappa shape index (κ1) is 10.6. The summed E-state index contributed by atoms with van der Waals surface area (Å²) < 4.78 is 1.49. The van der Waals surface area contributed by atoms with E-state index >= 15 is 0 Å². The predicted octanol–water partition coefficient (Wildman–Crippen LogP) is 1.72. The molecule has 0 aliphatic heterocycles. The monoisotopic (exact) mass is 236 g/mol. The van der Waals surface area contributed by atoms with Crippen LogP contribution in [0.3, 0.4) is 0 Å². The van der Waals surface area contributed by atoms with Gasteiger partial charge in [0.05, 0.1) is 5.02 Å². The molecule has 1 N–H and O–H groups in total. The van der Waals surface area contributed by atoms with Crippen LogP contribution in [-0.4, -0.2) is 20.7 Å². The van der Waals surface area contributed by atoms with E-state index in [1.54, 1.807) is 37.8 Å². The van der Waals surface area contributed by atoms with E-state index in [-0.39, 0.29) is 11.6 Å². The third kappa shape index (κ3) is 2.20. The fourth-order valence-electron chi connectivity index (χ4n) is 1.24. The van der Waals surface area contributed by atoms with E-state index in [0.717, 1.165) is 0 Å². The standard InChI is InChI=1S/C10H9ClN4O/c1-15-6-8(11)9(14-15)10(16)13-7-2-4-12-5-3-7/h2-6H,1H3,(H,12,13,16). The molecule has 16 heavy (non-hydrogen) atoms. The van der Waals surface area contributed by atoms with Crippen LogP contribution >= 0.6 is 11.6 Å². The average molecular weight is 237 g/mol. The van der Waals surface area contributed by atoms with Crippen molar-refractivity contribution < 1.29 is 4.79 Å². The van der Waals surface area contributed by atoms with Gasteiger partial charge in [-0.1, -0.05) is 11.6 Å². The van der Waals surface area contributed by atoms with Crippen LogP contribution in [0.4, 0.5) is 5.69 Å².